The van der Waals surface area contributed by atoms with Gasteiger partial charge in [-0.2, -0.15) is 0 Å². The molecule has 6 nitrogen and oxygen atoms in total. The summed E-state index contributed by atoms with van der Waals surface area (Å²) in [5.74, 6) is -1.06. The molecule has 2 rings (SSSR count). The van der Waals surface area contributed by atoms with Gasteiger partial charge in [-0.3, -0.25) is 14.4 Å². The number of rotatable bonds is 5. The van der Waals surface area contributed by atoms with Crippen LogP contribution in [-0.4, -0.2) is 53.7 Å². The molecule has 1 aromatic carbocycles. The molecule has 25 heavy (non-hydrogen) atoms. The van der Waals surface area contributed by atoms with Crippen molar-refractivity contribution in [2.24, 2.45) is 0 Å². The lowest BCUT2D eigenvalue weighted by Crippen LogP contribution is -2.47. The zero-order valence-corrected chi connectivity index (χ0v) is 15.8. The van der Waals surface area contributed by atoms with Crippen molar-refractivity contribution < 1.29 is 19.1 Å². The molecular formula is C18H24N2O4S. The lowest BCUT2D eigenvalue weighted by Gasteiger charge is -2.23. The summed E-state index contributed by atoms with van der Waals surface area (Å²) in [7, 11) is 1.51. The number of likely N-dealkylation sites (N-methyl/N-ethyl adjacent to an activating group) is 1. The number of hydrogen-bond donors (Lipinski definition) is 1. The molecule has 1 N–H and O–H groups in total. The van der Waals surface area contributed by atoms with Gasteiger partial charge in [0.1, 0.15) is 5.25 Å². The first-order valence-corrected chi connectivity index (χ1v) is 9.00. The molecule has 1 aliphatic rings. The Bertz CT molecular complexity index is 644. The highest BCUT2D eigenvalue weighted by molar-refractivity contribution is 8.01. The Hall–Kier alpha value is -2.02. The number of ether oxygens (including phenoxy) is 1. The second kappa shape index (κ2) is 7.91. The monoisotopic (exact) mass is 364 g/mol. The largest absolute Gasteiger partial charge is 0.455 e. The zero-order chi connectivity index (χ0) is 18.6. The Balaban J connectivity index is 1.76. The minimum atomic E-state index is -0.405. The molecule has 1 unspecified atom stereocenters. The summed E-state index contributed by atoms with van der Waals surface area (Å²) in [5, 5.41) is 2.46. The van der Waals surface area contributed by atoms with E-state index in [9.17, 15) is 14.4 Å². The molecule has 0 radical (unpaired) electrons. The van der Waals surface area contributed by atoms with Gasteiger partial charge in [0.25, 0.3) is 5.91 Å². The van der Waals surface area contributed by atoms with Crippen LogP contribution >= 0.6 is 11.8 Å². The van der Waals surface area contributed by atoms with Gasteiger partial charge in [-0.25, -0.2) is 0 Å². The van der Waals surface area contributed by atoms with Crippen LogP contribution < -0.4 is 5.32 Å². The van der Waals surface area contributed by atoms with Crippen molar-refractivity contribution in [1.82, 2.24) is 10.2 Å². The van der Waals surface area contributed by atoms with E-state index in [1.165, 1.54) is 23.7 Å². The van der Waals surface area contributed by atoms with Crippen LogP contribution in [0.15, 0.2) is 29.2 Å². The molecule has 1 aliphatic heterocycles. The summed E-state index contributed by atoms with van der Waals surface area (Å²) < 4.78 is 5.14. The normalized spacial score (nSPS) is 16.1. The molecule has 1 heterocycles. The fourth-order valence-electron chi connectivity index (χ4n) is 2.41. The average Bonchev–Trinajstić information content (AvgIpc) is 2.94. The topological polar surface area (TPSA) is 75.7 Å². The van der Waals surface area contributed by atoms with E-state index in [1.54, 1.807) is 0 Å². The molecule has 0 saturated heterocycles. The number of fused-ring (bicyclic) bond motifs is 1. The summed E-state index contributed by atoms with van der Waals surface area (Å²) in [4.78, 5) is 38.4. The SMILES string of the molecule is CN(CC(=O)NC(C)(C)C)C(=O)COC(=O)C1Cc2ccccc2S1. The number of carbonyl (C=O) groups is 3. The summed E-state index contributed by atoms with van der Waals surface area (Å²) >= 11 is 1.46. The van der Waals surface area contributed by atoms with Gasteiger partial charge in [0.05, 0.1) is 6.54 Å². The number of esters is 1. The van der Waals surface area contributed by atoms with Gasteiger partial charge >= 0.3 is 5.97 Å². The van der Waals surface area contributed by atoms with Gasteiger partial charge in [-0.15, -0.1) is 11.8 Å². The van der Waals surface area contributed by atoms with Crippen molar-refractivity contribution in [2.45, 2.75) is 42.9 Å². The van der Waals surface area contributed by atoms with Crippen molar-refractivity contribution in [2.75, 3.05) is 20.2 Å². The standard InChI is InChI=1S/C18H24N2O4S/c1-18(2,3)19-15(21)10-20(4)16(22)11-24-17(23)14-9-12-7-5-6-8-13(12)25-14/h5-8,14H,9-11H2,1-4H3,(H,19,21). The molecule has 1 aromatic rings. The van der Waals surface area contributed by atoms with Gasteiger partial charge in [-0.1, -0.05) is 18.2 Å². The highest BCUT2D eigenvalue weighted by Crippen LogP contribution is 2.37. The van der Waals surface area contributed by atoms with Gasteiger partial charge < -0.3 is 15.0 Å². The molecule has 1 atom stereocenters. The van der Waals surface area contributed by atoms with Crippen molar-refractivity contribution >= 4 is 29.5 Å². The van der Waals surface area contributed by atoms with E-state index < -0.39 is 11.9 Å². The maximum Gasteiger partial charge on any atom is 0.320 e. The molecular weight excluding hydrogens is 340 g/mol. The molecule has 0 saturated carbocycles. The van der Waals surface area contributed by atoms with E-state index >= 15 is 0 Å². The second-order valence-corrected chi connectivity index (χ2v) is 8.32. The minimum absolute atomic E-state index is 0.0721. The quantitative estimate of drug-likeness (QED) is 0.804. The third-order valence-electron chi connectivity index (χ3n) is 3.57. The Labute approximate surface area is 152 Å². The van der Waals surface area contributed by atoms with E-state index in [-0.39, 0.29) is 29.8 Å². The molecule has 2 amide bonds. The number of nitrogens with one attached hydrogen (secondary N) is 1. The van der Waals surface area contributed by atoms with E-state index in [4.69, 9.17) is 4.74 Å². The van der Waals surface area contributed by atoms with Gasteiger partial charge in [0, 0.05) is 17.5 Å². The predicted molar refractivity (Wildman–Crippen MR) is 96.3 cm³/mol. The third-order valence-corrected chi connectivity index (χ3v) is 4.86. The predicted octanol–water partition coefficient (Wildman–Crippen LogP) is 1.62. The number of amides is 2. The van der Waals surface area contributed by atoms with E-state index in [2.05, 4.69) is 5.32 Å². The summed E-state index contributed by atoms with van der Waals surface area (Å²) in [6.07, 6.45) is 0.609. The van der Waals surface area contributed by atoms with Crippen molar-refractivity contribution in [3.05, 3.63) is 29.8 Å². The smallest absolute Gasteiger partial charge is 0.320 e. The maximum absolute atomic E-state index is 12.2. The first-order valence-electron chi connectivity index (χ1n) is 8.12. The molecule has 0 spiro atoms. The molecule has 0 fully saturated rings. The van der Waals surface area contributed by atoms with Crippen molar-refractivity contribution in [3.63, 3.8) is 0 Å². The molecule has 0 aliphatic carbocycles. The van der Waals surface area contributed by atoms with Crippen LogP contribution in [0.25, 0.3) is 0 Å². The first kappa shape index (κ1) is 19.3. The van der Waals surface area contributed by atoms with Crippen molar-refractivity contribution in [1.29, 1.82) is 0 Å². The maximum atomic E-state index is 12.2. The highest BCUT2D eigenvalue weighted by Gasteiger charge is 2.30. The number of thioether (sulfide) groups is 1. The van der Waals surface area contributed by atoms with Crippen LogP contribution in [0.3, 0.4) is 0 Å². The summed E-state index contributed by atoms with van der Waals surface area (Å²) in [6, 6.07) is 7.83. The zero-order valence-electron chi connectivity index (χ0n) is 15.0. The van der Waals surface area contributed by atoms with Crippen LogP contribution in [0.4, 0.5) is 0 Å². The molecule has 136 valence electrons. The lowest BCUT2D eigenvalue weighted by molar-refractivity contribution is -0.151. The van der Waals surface area contributed by atoms with E-state index in [0.29, 0.717) is 6.42 Å². The van der Waals surface area contributed by atoms with Crippen LogP contribution in [0.2, 0.25) is 0 Å². The second-order valence-electron chi connectivity index (χ2n) is 7.07. The van der Waals surface area contributed by atoms with Crippen LogP contribution in [-0.2, 0) is 25.5 Å². The van der Waals surface area contributed by atoms with Crippen LogP contribution in [0, 0.1) is 0 Å². The molecule has 0 aromatic heterocycles. The molecule has 7 heteroatoms. The summed E-state index contributed by atoms with van der Waals surface area (Å²) in [5.41, 5.74) is 0.763. The summed E-state index contributed by atoms with van der Waals surface area (Å²) in [6.45, 7) is 5.17. The highest BCUT2D eigenvalue weighted by atomic mass is 32.2. The Morgan fingerprint density at radius 2 is 1.96 bits per heavy atom. The average molecular weight is 364 g/mol. The number of carbonyl (C=O) groups excluding carboxylic acids is 3. The van der Waals surface area contributed by atoms with Gasteiger partial charge in [0.2, 0.25) is 5.91 Å². The van der Waals surface area contributed by atoms with Crippen LogP contribution in [0.1, 0.15) is 26.3 Å². The Morgan fingerprint density at radius 1 is 1.28 bits per heavy atom. The van der Waals surface area contributed by atoms with Gasteiger partial charge in [-0.05, 0) is 38.8 Å². The number of hydrogen-bond acceptors (Lipinski definition) is 5. The lowest BCUT2D eigenvalue weighted by atomic mass is 10.1. The first-order chi connectivity index (χ1) is 11.7. The fourth-order valence-corrected chi connectivity index (χ4v) is 3.60. The van der Waals surface area contributed by atoms with E-state index in [0.717, 1.165) is 10.5 Å². The van der Waals surface area contributed by atoms with Gasteiger partial charge in [0.15, 0.2) is 6.61 Å². The Kier molecular flexibility index (Phi) is 6.11. The fraction of sp³-hybridized carbons (Fsp3) is 0.500. The van der Waals surface area contributed by atoms with E-state index in [1.807, 2.05) is 45.0 Å². The minimum Gasteiger partial charge on any atom is -0.455 e. The molecule has 0 bridgehead atoms. The van der Waals surface area contributed by atoms with Crippen molar-refractivity contribution in [3.8, 4) is 0 Å². The third kappa shape index (κ3) is 5.77. The van der Waals surface area contributed by atoms with Crippen LogP contribution in [0.5, 0.6) is 0 Å². The number of benzene rings is 1. The Morgan fingerprint density at radius 3 is 2.60 bits per heavy atom. The number of nitrogens with zero attached hydrogens (tertiary/aromatic N) is 1.